The van der Waals surface area contributed by atoms with Crippen LogP contribution in [0.1, 0.15) is 77.8 Å². The van der Waals surface area contributed by atoms with Gasteiger partial charge in [0, 0.05) is 25.0 Å². The van der Waals surface area contributed by atoms with Crippen molar-refractivity contribution in [3.8, 4) is 11.3 Å². The van der Waals surface area contributed by atoms with Crippen molar-refractivity contribution in [2.24, 2.45) is 0 Å². The van der Waals surface area contributed by atoms with Crippen LogP contribution >= 0.6 is 0 Å². The van der Waals surface area contributed by atoms with E-state index in [4.69, 9.17) is 0 Å². The predicted octanol–water partition coefficient (Wildman–Crippen LogP) is 8.49. The molecule has 0 saturated heterocycles. The standard InChI is InChI=1S/C32H38N/c1-6-10-14-23-15-13-16-24-22-27-25(21-26(23)24)18-19-28-30(27)29-17-11-12-20-33(29)32(8-3,9-4)31(28,5)7-2/h11-13,15-22H,6-10,14H2,1-5H3/q+1. The van der Waals surface area contributed by atoms with Gasteiger partial charge in [-0.2, -0.15) is 4.57 Å². The smallest absolute Gasteiger partial charge is 0.192 e. The number of unbranched alkanes of at least 4 members (excludes halogenated alkanes) is 1. The third-order valence-corrected chi connectivity index (χ3v) is 8.98. The first kappa shape index (κ1) is 22.1. The summed E-state index contributed by atoms with van der Waals surface area (Å²) in [4.78, 5) is 0. The Morgan fingerprint density at radius 3 is 2.24 bits per heavy atom. The number of aryl methyl sites for hydroxylation is 1. The summed E-state index contributed by atoms with van der Waals surface area (Å²) < 4.78 is 2.63. The first-order valence-electron chi connectivity index (χ1n) is 13.0. The number of fused-ring (bicyclic) bond motifs is 6. The van der Waals surface area contributed by atoms with Gasteiger partial charge in [-0.1, -0.05) is 64.4 Å². The molecule has 0 bridgehead atoms. The molecule has 1 aliphatic rings. The van der Waals surface area contributed by atoms with E-state index in [0.717, 1.165) is 25.7 Å². The van der Waals surface area contributed by atoms with Gasteiger partial charge in [0.05, 0.1) is 11.0 Å². The number of nitrogens with zero attached hydrogens (tertiary/aromatic N) is 1. The van der Waals surface area contributed by atoms with E-state index in [1.165, 1.54) is 56.8 Å². The Morgan fingerprint density at radius 1 is 0.758 bits per heavy atom. The van der Waals surface area contributed by atoms with Gasteiger partial charge in [0.2, 0.25) is 5.69 Å². The third kappa shape index (κ3) is 3.01. The highest BCUT2D eigenvalue weighted by Crippen LogP contribution is 2.52. The van der Waals surface area contributed by atoms with Crippen molar-refractivity contribution in [1.82, 2.24) is 0 Å². The number of rotatable bonds is 6. The maximum absolute atomic E-state index is 2.63. The summed E-state index contributed by atoms with van der Waals surface area (Å²) in [5.74, 6) is 0. The number of benzene rings is 3. The Hall–Kier alpha value is -2.67. The van der Waals surface area contributed by atoms with E-state index in [9.17, 15) is 0 Å². The summed E-state index contributed by atoms with van der Waals surface area (Å²) in [5, 5.41) is 5.55. The van der Waals surface area contributed by atoms with Gasteiger partial charge >= 0.3 is 0 Å². The van der Waals surface area contributed by atoms with E-state index in [2.05, 4.69) is 106 Å². The summed E-state index contributed by atoms with van der Waals surface area (Å²) >= 11 is 0. The predicted molar refractivity (Wildman–Crippen MR) is 142 cm³/mol. The van der Waals surface area contributed by atoms with E-state index in [1.807, 2.05) is 0 Å². The Kier molecular flexibility index (Phi) is 5.55. The van der Waals surface area contributed by atoms with Crippen molar-refractivity contribution in [2.75, 3.05) is 0 Å². The maximum Gasteiger partial charge on any atom is 0.213 e. The molecule has 4 aromatic rings. The second-order valence-corrected chi connectivity index (χ2v) is 10.2. The minimum Gasteiger partial charge on any atom is -0.192 e. The minimum atomic E-state index is 0.0803. The molecule has 1 unspecified atom stereocenters. The zero-order valence-electron chi connectivity index (χ0n) is 21.0. The fourth-order valence-electron chi connectivity index (χ4n) is 6.91. The zero-order valence-corrected chi connectivity index (χ0v) is 21.0. The van der Waals surface area contributed by atoms with E-state index in [1.54, 1.807) is 0 Å². The summed E-state index contributed by atoms with van der Waals surface area (Å²) in [6.07, 6.45) is 9.36. The molecule has 5 rings (SSSR count). The second kappa shape index (κ2) is 8.28. The van der Waals surface area contributed by atoms with Gasteiger partial charge in [-0.3, -0.25) is 0 Å². The minimum absolute atomic E-state index is 0.0803. The monoisotopic (exact) mass is 436 g/mol. The van der Waals surface area contributed by atoms with Crippen LogP contribution in [0.3, 0.4) is 0 Å². The van der Waals surface area contributed by atoms with Crippen LogP contribution < -0.4 is 4.57 Å². The molecule has 33 heavy (non-hydrogen) atoms. The molecule has 1 nitrogen and oxygen atoms in total. The molecular formula is C32H38N+. The Morgan fingerprint density at radius 2 is 1.52 bits per heavy atom. The largest absolute Gasteiger partial charge is 0.213 e. The third-order valence-electron chi connectivity index (χ3n) is 8.98. The highest BCUT2D eigenvalue weighted by atomic mass is 15.1. The molecule has 0 fully saturated rings. The van der Waals surface area contributed by atoms with Gasteiger partial charge in [-0.15, -0.1) is 0 Å². The van der Waals surface area contributed by atoms with Crippen molar-refractivity contribution in [1.29, 1.82) is 0 Å². The molecule has 1 aromatic heterocycles. The number of pyridine rings is 1. The SMILES string of the molecule is CCCCc1cccc2cc3c4c(ccc3cc12)C(C)(CC)C(CC)(CC)[n+]1ccccc1-4. The quantitative estimate of drug-likeness (QED) is 0.211. The zero-order chi connectivity index (χ0) is 23.2. The molecule has 1 atom stereocenters. The lowest BCUT2D eigenvalue weighted by Crippen LogP contribution is -2.68. The molecule has 1 heteroatoms. The number of hydrogen-bond acceptors (Lipinski definition) is 0. The molecule has 0 radical (unpaired) electrons. The van der Waals surface area contributed by atoms with Crippen molar-refractivity contribution in [3.05, 3.63) is 78.0 Å². The highest BCUT2D eigenvalue weighted by Gasteiger charge is 2.58. The molecule has 0 saturated carbocycles. The van der Waals surface area contributed by atoms with Crippen molar-refractivity contribution < 1.29 is 4.57 Å². The highest BCUT2D eigenvalue weighted by molar-refractivity contribution is 6.06. The van der Waals surface area contributed by atoms with Gasteiger partial charge in [-0.25, -0.2) is 0 Å². The number of aromatic nitrogens is 1. The molecule has 3 aromatic carbocycles. The van der Waals surface area contributed by atoms with Crippen molar-refractivity contribution in [2.45, 2.75) is 84.1 Å². The van der Waals surface area contributed by atoms with Gasteiger partial charge in [0.1, 0.15) is 0 Å². The molecule has 170 valence electrons. The lowest BCUT2D eigenvalue weighted by molar-refractivity contribution is -0.769. The average Bonchev–Trinajstić information content (AvgIpc) is 2.86. The Labute approximate surface area is 199 Å². The van der Waals surface area contributed by atoms with Crippen LogP contribution in [-0.2, 0) is 17.4 Å². The van der Waals surface area contributed by atoms with Crippen LogP contribution in [0.2, 0.25) is 0 Å². The van der Waals surface area contributed by atoms with Gasteiger partial charge in [-0.05, 0) is 77.1 Å². The first-order valence-corrected chi connectivity index (χ1v) is 13.0. The van der Waals surface area contributed by atoms with Gasteiger partial charge < -0.3 is 0 Å². The lowest BCUT2D eigenvalue weighted by atomic mass is 9.58. The number of hydrogen-bond donors (Lipinski definition) is 0. The van der Waals surface area contributed by atoms with Crippen LogP contribution in [0.5, 0.6) is 0 Å². The van der Waals surface area contributed by atoms with Crippen LogP contribution in [0.4, 0.5) is 0 Å². The maximum atomic E-state index is 2.63. The molecule has 1 aliphatic heterocycles. The fourth-order valence-corrected chi connectivity index (χ4v) is 6.91. The first-order chi connectivity index (χ1) is 16.0. The molecule has 0 N–H and O–H groups in total. The summed E-state index contributed by atoms with van der Waals surface area (Å²) in [6.45, 7) is 11.9. The molecular weight excluding hydrogens is 398 g/mol. The Balaban J connectivity index is 1.87. The fraction of sp³-hybridized carbons (Fsp3) is 0.406. The van der Waals surface area contributed by atoms with E-state index < -0.39 is 0 Å². The topological polar surface area (TPSA) is 3.88 Å². The van der Waals surface area contributed by atoms with E-state index >= 15 is 0 Å². The second-order valence-electron chi connectivity index (χ2n) is 10.2. The summed E-state index contributed by atoms with van der Waals surface area (Å²) in [5.41, 5.74) is 5.98. The molecule has 0 spiro atoms. The van der Waals surface area contributed by atoms with Crippen molar-refractivity contribution >= 4 is 21.5 Å². The van der Waals surface area contributed by atoms with Gasteiger partial charge in [0.25, 0.3) is 0 Å². The van der Waals surface area contributed by atoms with Crippen LogP contribution in [0.15, 0.2) is 66.9 Å². The van der Waals surface area contributed by atoms with Gasteiger partial charge in [0.15, 0.2) is 11.7 Å². The van der Waals surface area contributed by atoms with Crippen LogP contribution in [-0.4, -0.2) is 0 Å². The molecule has 2 heterocycles. The summed E-state index contributed by atoms with van der Waals surface area (Å²) in [7, 11) is 0. The van der Waals surface area contributed by atoms with Crippen LogP contribution in [0, 0.1) is 0 Å². The van der Waals surface area contributed by atoms with E-state index in [-0.39, 0.29) is 11.0 Å². The normalized spacial score (nSPS) is 18.9. The Bertz CT molecular complexity index is 1330. The summed E-state index contributed by atoms with van der Waals surface area (Å²) in [6, 6.07) is 23.4. The van der Waals surface area contributed by atoms with Crippen molar-refractivity contribution in [3.63, 3.8) is 0 Å². The van der Waals surface area contributed by atoms with Crippen LogP contribution in [0.25, 0.3) is 32.8 Å². The lowest BCUT2D eigenvalue weighted by Gasteiger charge is -2.48. The van der Waals surface area contributed by atoms with E-state index in [0.29, 0.717) is 0 Å². The average molecular weight is 437 g/mol. The molecule has 0 amide bonds. The molecule has 0 aliphatic carbocycles.